The van der Waals surface area contributed by atoms with Crippen molar-refractivity contribution in [3.05, 3.63) is 58.6 Å². The number of rotatable bonds is 3. The molecule has 1 saturated heterocycles. The third kappa shape index (κ3) is 4.22. The lowest BCUT2D eigenvalue weighted by Gasteiger charge is -2.36. The molecule has 1 aliphatic rings. The molecule has 0 radical (unpaired) electrons. The van der Waals surface area contributed by atoms with Gasteiger partial charge < -0.3 is 4.84 Å². The number of hydrogen-bond acceptors (Lipinski definition) is 5. The van der Waals surface area contributed by atoms with Gasteiger partial charge in [-0.15, -0.1) is 5.06 Å². The van der Waals surface area contributed by atoms with Gasteiger partial charge in [-0.1, -0.05) is 29.8 Å². The summed E-state index contributed by atoms with van der Waals surface area (Å²) in [6.45, 7) is 0.346. The molecule has 1 amide bonds. The summed E-state index contributed by atoms with van der Waals surface area (Å²) in [6.07, 6.45) is -5.01. The summed E-state index contributed by atoms with van der Waals surface area (Å²) in [5.74, 6) is 0.315. The van der Waals surface area contributed by atoms with E-state index >= 15 is 0 Å². The van der Waals surface area contributed by atoms with Gasteiger partial charge in [-0.25, -0.2) is 4.79 Å². The summed E-state index contributed by atoms with van der Waals surface area (Å²) < 4.78 is 39.7. The number of hydroxylamine groups is 2. The average molecular weight is 464 g/mol. The van der Waals surface area contributed by atoms with Crippen LogP contribution < -0.4 is 5.32 Å². The minimum Gasteiger partial charge on any atom is -0.351 e. The number of para-hydroxylation sites is 1. The van der Waals surface area contributed by atoms with Crippen molar-refractivity contribution in [1.82, 2.24) is 15.3 Å². The number of anilines is 1. The molecule has 1 fully saturated rings. The number of aromatic amines is 1. The molecule has 32 heavy (non-hydrogen) atoms. The number of aromatic nitrogens is 2. The number of nitriles is 1. The van der Waals surface area contributed by atoms with Crippen LogP contribution in [0.25, 0.3) is 10.9 Å². The number of nitrogens with one attached hydrogen (secondary N) is 2. The fourth-order valence-corrected chi connectivity index (χ4v) is 3.98. The Morgan fingerprint density at radius 1 is 1.25 bits per heavy atom. The molecule has 2 N–H and O–H groups in total. The van der Waals surface area contributed by atoms with Gasteiger partial charge in [0.2, 0.25) is 0 Å². The summed E-state index contributed by atoms with van der Waals surface area (Å²) in [7, 11) is 0. The van der Waals surface area contributed by atoms with Crippen LogP contribution in [0, 0.1) is 11.3 Å². The first-order valence-corrected chi connectivity index (χ1v) is 10.1. The van der Waals surface area contributed by atoms with E-state index in [9.17, 15) is 23.2 Å². The maximum Gasteiger partial charge on any atom is 0.432 e. The van der Waals surface area contributed by atoms with Crippen molar-refractivity contribution in [1.29, 1.82) is 5.26 Å². The quantitative estimate of drug-likeness (QED) is 0.553. The lowest BCUT2D eigenvalue weighted by molar-refractivity contribution is -0.137. The number of benzene rings is 2. The minimum absolute atomic E-state index is 0.173. The SMILES string of the molecule is N#CC1(c2ccc(Cl)c(C(F)(F)F)c2)CCN(OC(=O)Nc2n[nH]c3ccccc23)CC1. The zero-order valence-corrected chi connectivity index (χ0v) is 17.3. The Bertz CT molecular complexity index is 1200. The van der Waals surface area contributed by atoms with Crippen LogP contribution in [0.2, 0.25) is 5.02 Å². The summed E-state index contributed by atoms with van der Waals surface area (Å²) in [6, 6.07) is 12.9. The zero-order valence-electron chi connectivity index (χ0n) is 16.5. The third-order valence-corrected chi connectivity index (χ3v) is 5.85. The lowest BCUT2D eigenvalue weighted by Crippen LogP contribution is -2.43. The van der Waals surface area contributed by atoms with Gasteiger partial charge in [-0.2, -0.15) is 23.5 Å². The standard InChI is InChI=1S/C21H17ClF3N5O2/c22-16-6-5-13(11-15(16)21(23,24)25)20(12-26)7-9-30(10-8-20)32-19(31)27-18-14-3-1-2-4-17(14)28-29-18/h1-6,11H,7-10H2,(H2,27,28,29,31). The van der Waals surface area contributed by atoms with Gasteiger partial charge in [0.1, 0.15) is 0 Å². The number of fused-ring (bicyclic) bond motifs is 1. The first-order valence-electron chi connectivity index (χ1n) is 9.67. The molecule has 0 unspecified atom stereocenters. The van der Waals surface area contributed by atoms with Crippen LogP contribution in [0.15, 0.2) is 42.5 Å². The maximum atomic E-state index is 13.2. The minimum atomic E-state index is -4.62. The molecule has 2 aromatic carbocycles. The first kappa shape index (κ1) is 21.9. The first-order chi connectivity index (χ1) is 15.2. The molecule has 1 aliphatic heterocycles. The maximum absolute atomic E-state index is 13.2. The molecular weight excluding hydrogens is 447 g/mol. The number of piperidine rings is 1. The van der Waals surface area contributed by atoms with Gasteiger partial charge in [-0.3, -0.25) is 10.4 Å². The molecule has 11 heteroatoms. The summed E-state index contributed by atoms with van der Waals surface area (Å²) in [5.41, 5.74) is -1.13. The second-order valence-electron chi connectivity index (χ2n) is 7.44. The highest BCUT2D eigenvalue weighted by Gasteiger charge is 2.40. The number of carbonyl (C=O) groups excluding carboxylic acids is 1. The number of hydrogen-bond donors (Lipinski definition) is 2. The lowest BCUT2D eigenvalue weighted by atomic mass is 9.74. The molecule has 0 saturated carbocycles. The van der Waals surface area contributed by atoms with Crippen molar-refractivity contribution in [2.45, 2.75) is 24.4 Å². The topological polar surface area (TPSA) is 94.0 Å². The smallest absolute Gasteiger partial charge is 0.351 e. The van der Waals surface area contributed by atoms with E-state index in [-0.39, 0.29) is 31.5 Å². The largest absolute Gasteiger partial charge is 0.432 e. The van der Waals surface area contributed by atoms with Crippen LogP contribution in [0.5, 0.6) is 0 Å². The number of H-pyrrole nitrogens is 1. The van der Waals surface area contributed by atoms with Gasteiger partial charge in [0.25, 0.3) is 0 Å². The molecule has 0 spiro atoms. The Kier molecular flexibility index (Phi) is 5.71. The molecule has 7 nitrogen and oxygen atoms in total. The Morgan fingerprint density at radius 2 is 1.97 bits per heavy atom. The van der Waals surface area contributed by atoms with E-state index < -0.39 is 28.3 Å². The van der Waals surface area contributed by atoms with Crippen LogP contribution in [-0.4, -0.2) is 34.4 Å². The third-order valence-electron chi connectivity index (χ3n) is 5.52. The van der Waals surface area contributed by atoms with Crippen LogP contribution in [0.3, 0.4) is 0 Å². The van der Waals surface area contributed by atoms with E-state index in [0.717, 1.165) is 23.0 Å². The van der Waals surface area contributed by atoms with Gasteiger partial charge >= 0.3 is 12.3 Å². The molecule has 1 aromatic heterocycles. The van der Waals surface area contributed by atoms with E-state index in [2.05, 4.69) is 21.6 Å². The Morgan fingerprint density at radius 3 is 2.66 bits per heavy atom. The highest BCUT2D eigenvalue weighted by molar-refractivity contribution is 6.31. The van der Waals surface area contributed by atoms with Gasteiger partial charge in [0.05, 0.1) is 27.6 Å². The number of amides is 1. The summed E-state index contributed by atoms with van der Waals surface area (Å²) in [5, 5.41) is 20.8. The number of carbonyl (C=O) groups is 1. The molecule has 3 aromatic rings. The van der Waals surface area contributed by atoms with Gasteiger partial charge in [0.15, 0.2) is 5.82 Å². The number of nitrogens with zero attached hydrogens (tertiary/aromatic N) is 3. The van der Waals surface area contributed by atoms with Gasteiger partial charge in [-0.05, 0) is 42.7 Å². The Hall–Kier alpha value is -3.29. The fraction of sp³-hybridized carbons (Fsp3) is 0.286. The normalized spacial score (nSPS) is 16.5. The Labute approximate surface area is 185 Å². The molecule has 166 valence electrons. The highest BCUT2D eigenvalue weighted by Crippen LogP contribution is 2.41. The molecule has 0 bridgehead atoms. The van der Waals surface area contributed by atoms with Gasteiger partial charge in [0, 0.05) is 18.5 Å². The molecule has 4 rings (SSSR count). The monoisotopic (exact) mass is 463 g/mol. The van der Waals surface area contributed by atoms with Crippen LogP contribution in [0.1, 0.15) is 24.0 Å². The predicted molar refractivity (Wildman–Crippen MR) is 111 cm³/mol. The van der Waals surface area contributed by atoms with Crippen LogP contribution >= 0.6 is 11.6 Å². The zero-order chi connectivity index (χ0) is 22.9. The molecule has 0 aliphatic carbocycles. The average Bonchev–Trinajstić information content (AvgIpc) is 3.17. The molecule has 2 heterocycles. The summed E-state index contributed by atoms with van der Waals surface area (Å²) in [4.78, 5) is 17.6. The van der Waals surface area contributed by atoms with Crippen LogP contribution in [-0.2, 0) is 16.4 Å². The fourth-order valence-electron chi connectivity index (χ4n) is 3.76. The van der Waals surface area contributed by atoms with Crippen molar-refractivity contribution >= 4 is 34.4 Å². The van der Waals surface area contributed by atoms with E-state index in [0.29, 0.717) is 5.82 Å². The van der Waals surface area contributed by atoms with E-state index in [1.54, 1.807) is 12.1 Å². The second kappa shape index (κ2) is 8.33. The van der Waals surface area contributed by atoms with E-state index in [1.807, 2.05) is 12.1 Å². The highest BCUT2D eigenvalue weighted by atomic mass is 35.5. The number of alkyl halides is 3. The van der Waals surface area contributed by atoms with Crippen molar-refractivity contribution < 1.29 is 22.8 Å². The Balaban J connectivity index is 1.42. The van der Waals surface area contributed by atoms with Crippen molar-refractivity contribution in [3.8, 4) is 6.07 Å². The van der Waals surface area contributed by atoms with Crippen LogP contribution in [0.4, 0.5) is 23.8 Å². The number of halogens is 4. The molecule has 0 atom stereocenters. The van der Waals surface area contributed by atoms with Crippen molar-refractivity contribution in [3.63, 3.8) is 0 Å². The van der Waals surface area contributed by atoms with Crippen molar-refractivity contribution in [2.75, 3.05) is 18.4 Å². The van der Waals surface area contributed by atoms with E-state index in [4.69, 9.17) is 16.4 Å². The summed E-state index contributed by atoms with van der Waals surface area (Å²) >= 11 is 5.70. The molecular formula is C21H17ClF3N5O2. The van der Waals surface area contributed by atoms with Crippen molar-refractivity contribution in [2.24, 2.45) is 0 Å². The predicted octanol–water partition coefficient (Wildman–Crippen LogP) is 5.26. The second-order valence-corrected chi connectivity index (χ2v) is 7.84. The van der Waals surface area contributed by atoms with E-state index in [1.165, 1.54) is 11.1 Å².